The second kappa shape index (κ2) is 7.96. The zero-order chi connectivity index (χ0) is 20.1. The molecule has 1 aromatic carbocycles. The van der Waals surface area contributed by atoms with Gasteiger partial charge < -0.3 is 19.5 Å². The van der Waals surface area contributed by atoms with Crippen molar-refractivity contribution in [3.05, 3.63) is 54.0 Å². The lowest BCUT2D eigenvalue weighted by Gasteiger charge is -2.06. The van der Waals surface area contributed by atoms with Crippen LogP contribution in [0.3, 0.4) is 0 Å². The first-order chi connectivity index (χ1) is 13.5. The Morgan fingerprint density at radius 3 is 2.64 bits per heavy atom. The number of carboxylic acids is 2. The van der Waals surface area contributed by atoms with Gasteiger partial charge in [0.1, 0.15) is 11.8 Å². The molecule has 0 radical (unpaired) electrons. The average Bonchev–Trinajstić information content (AvgIpc) is 3.15. The molecule has 28 heavy (non-hydrogen) atoms. The van der Waals surface area contributed by atoms with E-state index < -0.39 is 24.3 Å². The van der Waals surface area contributed by atoms with E-state index in [0.29, 0.717) is 17.2 Å². The lowest BCUT2D eigenvalue weighted by atomic mass is 10.1. The van der Waals surface area contributed by atoms with Crippen molar-refractivity contribution in [3.63, 3.8) is 0 Å². The number of pyridine rings is 1. The molecular formula is C18H12N4O6. The number of aliphatic carboxylic acids is 2. The van der Waals surface area contributed by atoms with Crippen LogP contribution in [0.5, 0.6) is 11.6 Å². The van der Waals surface area contributed by atoms with E-state index >= 15 is 0 Å². The van der Waals surface area contributed by atoms with Crippen LogP contribution in [0.15, 0.2) is 47.1 Å². The van der Waals surface area contributed by atoms with Gasteiger partial charge in [-0.3, -0.25) is 9.59 Å². The summed E-state index contributed by atoms with van der Waals surface area (Å²) in [6, 6.07) is 11.7. The Bertz CT molecular complexity index is 1040. The third kappa shape index (κ3) is 4.10. The first-order valence-electron chi connectivity index (χ1n) is 7.89. The van der Waals surface area contributed by atoms with Gasteiger partial charge in [-0.2, -0.15) is 10.2 Å². The zero-order valence-corrected chi connectivity index (χ0v) is 14.1. The van der Waals surface area contributed by atoms with Crippen molar-refractivity contribution in [2.24, 2.45) is 5.92 Å². The van der Waals surface area contributed by atoms with E-state index in [0.717, 1.165) is 0 Å². The predicted molar refractivity (Wildman–Crippen MR) is 91.2 cm³/mol. The van der Waals surface area contributed by atoms with Crippen LogP contribution < -0.4 is 4.74 Å². The minimum atomic E-state index is -1.71. The molecule has 2 N–H and O–H groups in total. The quantitative estimate of drug-likeness (QED) is 0.581. The fourth-order valence-electron chi connectivity index (χ4n) is 2.30. The Morgan fingerprint density at radius 2 is 2.00 bits per heavy atom. The summed E-state index contributed by atoms with van der Waals surface area (Å²) >= 11 is 0. The van der Waals surface area contributed by atoms with Gasteiger partial charge >= 0.3 is 11.9 Å². The number of nitrogens with zero attached hydrogens (tertiary/aromatic N) is 4. The van der Waals surface area contributed by atoms with Gasteiger partial charge in [-0.15, -0.1) is 0 Å². The van der Waals surface area contributed by atoms with Crippen LogP contribution in [-0.2, 0) is 16.0 Å². The summed E-state index contributed by atoms with van der Waals surface area (Å²) in [6.45, 7) is 0. The van der Waals surface area contributed by atoms with Crippen molar-refractivity contribution >= 4 is 11.9 Å². The monoisotopic (exact) mass is 380 g/mol. The molecule has 0 amide bonds. The Morgan fingerprint density at radius 1 is 1.21 bits per heavy atom. The summed E-state index contributed by atoms with van der Waals surface area (Å²) < 4.78 is 10.5. The molecule has 3 aromatic rings. The molecule has 10 heteroatoms. The first-order valence-corrected chi connectivity index (χ1v) is 7.89. The van der Waals surface area contributed by atoms with Crippen LogP contribution >= 0.6 is 0 Å². The lowest BCUT2D eigenvalue weighted by Crippen LogP contribution is -2.25. The van der Waals surface area contributed by atoms with E-state index in [-0.39, 0.29) is 17.3 Å². The maximum absolute atomic E-state index is 11.0. The summed E-state index contributed by atoms with van der Waals surface area (Å²) in [5, 5.41) is 31.0. The van der Waals surface area contributed by atoms with E-state index in [1.54, 1.807) is 30.5 Å². The molecule has 140 valence electrons. The topological polar surface area (TPSA) is 159 Å². The minimum absolute atomic E-state index is 0.0328. The van der Waals surface area contributed by atoms with E-state index in [1.807, 2.05) is 6.07 Å². The van der Waals surface area contributed by atoms with Crippen LogP contribution in [0.1, 0.15) is 11.5 Å². The van der Waals surface area contributed by atoms with Gasteiger partial charge in [0, 0.05) is 17.8 Å². The molecule has 0 saturated heterocycles. The van der Waals surface area contributed by atoms with Gasteiger partial charge in [0.25, 0.3) is 0 Å². The van der Waals surface area contributed by atoms with E-state index in [2.05, 4.69) is 15.1 Å². The molecule has 2 aromatic heterocycles. The highest BCUT2D eigenvalue weighted by molar-refractivity contribution is 5.93. The van der Waals surface area contributed by atoms with E-state index in [9.17, 15) is 14.9 Å². The smallest absolute Gasteiger partial charge is 0.318 e. The number of ether oxygens (including phenoxy) is 1. The first kappa shape index (κ1) is 18.5. The highest BCUT2D eigenvalue weighted by atomic mass is 16.5. The molecule has 0 fully saturated rings. The number of rotatable bonds is 7. The van der Waals surface area contributed by atoms with Crippen LogP contribution in [-0.4, -0.2) is 37.3 Å². The SMILES string of the molecule is N#Cc1cc(Oc2ccccn2)ccc1-c1noc(CC(C(=O)O)C(=O)O)n1. The highest BCUT2D eigenvalue weighted by Gasteiger charge is 2.29. The number of nitriles is 1. The summed E-state index contributed by atoms with van der Waals surface area (Å²) in [6.07, 6.45) is 1.09. The third-order valence-electron chi connectivity index (χ3n) is 3.66. The molecule has 0 unspecified atom stereocenters. The molecule has 2 heterocycles. The highest BCUT2D eigenvalue weighted by Crippen LogP contribution is 2.27. The normalized spacial score (nSPS) is 10.4. The van der Waals surface area contributed by atoms with Crippen LogP contribution in [0.4, 0.5) is 0 Å². The molecule has 0 spiro atoms. The maximum atomic E-state index is 11.0. The molecule has 0 aliphatic carbocycles. The number of carbonyl (C=O) groups is 2. The fourth-order valence-corrected chi connectivity index (χ4v) is 2.30. The summed E-state index contributed by atoms with van der Waals surface area (Å²) in [4.78, 5) is 30.0. The third-order valence-corrected chi connectivity index (χ3v) is 3.66. The van der Waals surface area contributed by atoms with Crippen molar-refractivity contribution in [1.29, 1.82) is 5.26 Å². The van der Waals surface area contributed by atoms with E-state index in [1.165, 1.54) is 12.1 Å². The van der Waals surface area contributed by atoms with Crippen LogP contribution in [0.2, 0.25) is 0 Å². The Labute approximate surface area is 157 Å². The second-order valence-corrected chi connectivity index (χ2v) is 5.53. The zero-order valence-electron chi connectivity index (χ0n) is 14.1. The molecule has 0 aliphatic rings. The number of aromatic nitrogens is 3. The fraction of sp³-hybridized carbons (Fsp3) is 0.111. The number of benzene rings is 1. The Balaban J connectivity index is 1.84. The number of carboxylic acid groups (broad SMARTS) is 2. The predicted octanol–water partition coefficient (Wildman–Crippen LogP) is 2.12. The van der Waals surface area contributed by atoms with Crippen molar-refractivity contribution in [1.82, 2.24) is 15.1 Å². The Hall–Kier alpha value is -4.26. The maximum Gasteiger partial charge on any atom is 0.318 e. The second-order valence-electron chi connectivity index (χ2n) is 5.53. The number of hydrogen-bond donors (Lipinski definition) is 2. The molecule has 0 aliphatic heterocycles. The van der Waals surface area contributed by atoms with E-state index in [4.69, 9.17) is 19.5 Å². The summed E-state index contributed by atoms with van der Waals surface area (Å²) in [5.41, 5.74) is 0.516. The number of hydrogen-bond acceptors (Lipinski definition) is 8. The molecule has 3 rings (SSSR count). The average molecular weight is 380 g/mol. The molecule has 0 atom stereocenters. The van der Waals surface area contributed by atoms with Gasteiger partial charge in [0.15, 0.2) is 5.92 Å². The van der Waals surface area contributed by atoms with Gasteiger partial charge in [0.05, 0.1) is 12.0 Å². The largest absolute Gasteiger partial charge is 0.481 e. The molecule has 0 bridgehead atoms. The standard InChI is InChI=1S/C18H12N4O6/c19-9-10-7-11(27-14-3-1-2-6-20-14)4-5-12(10)16-21-15(28-22-16)8-13(17(23)24)18(25)26/h1-7,13H,8H2,(H,23,24)(H,25,26). The van der Waals surface area contributed by atoms with Crippen LogP contribution in [0, 0.1) is 17.2 Å². The minimum Gasteiger partial charge on any atom is -0.481 e. The van der Waals surface area contributed by atoms with Crippen LogP contribution in [0.25, 0.3) is 11.4 Å². The molecular weight excluding hydrogens is 368 g/mol. The van der Waals surface area contributed by atoms with Crippen molar-refractivity contribution < 1.29 is 29.1 Å². The summed E-state index contributed by atoms with van der Waals surface area (Å²) in [5.74, 6) is -4.14. The van der Waals surface area contributed by atoms with Gasteiger partial charge in [0.2, 0.25) is 17.6 Å². The molecule has 0 saturated carbocycles. The lowest BCUT2D eigenvalue weighted by molar-refractivity contribution is -0.154. The van der Waals surface area contributed by atoms with Crippen molar-refractivity contribution in [2.45, 2.75) is 6.42 Å². The van der Waals surface area contributed by atoms with Crippen molar-refractivity contribution in [3.8, 4) is 29.1 Å². The van der Waals surface area contributed by atoms with Crippen molar-refractivity contribution in [2.75, 3.05) is 0 Å². The molecule has 10 nitrogen and oxygen atoms in total. The van der Waals surface area contributed by atoms with Gasteiger partial charge in [-0.05, 0) is 24.3 Å². The Kier molecular flexibility index (Phi) is 5.27. The van der Waals surface area contributed by atoms with Gasteiger partial charge in [-0.25, -0.2) is 4.98 Å². The summed E-state index contributed by atoms with van der Waals surface area (Å²) in [7, 11) is 0. The van der Waals surface area contributed by atoms with Gasteiger partial charge in [-0.1, -0.05) is 11.2 Å².